The lowest BCUT2D eigenvalue weighted by molar-refractivity contribution is 0.145. The Kier molecular flexibility index (Phi) is 4.69. The molecule has 94 valence electrons. The number of rotatable bonds is 3. The molecular formula is C13H18Cl2N2. The Morgan fingerprint density at radius 3 is 2.76 bits per heavy atom. The molecule has 1 saturated heterocycles. The van der Waals surface area contributed by atoms with E-state index in [1.807, 2.05) is 18.2 Å². The maximum atomic E-state index is 6.03. The van der Waals surface area contributed by atoms with Gasteiger partial charge in [-0.25, -0.2) is 0 Å². The summed E-state index contributed by atoms with van der Waals surface area (Å²) in [7, 11) is 0. The van der Waals surface area contributed by atoms with E-state index in [1.165, 1.54) is 24.8 Å². The quantitative estimate of drug-likeness (QED) is 0.915. The summed E-state index contributed by atoms with van der Waals surface area (Å²) in [6.45, 7) is 2.78. The van der Waals surface area contributed by atoms with Crippen molar-refractivity contribution in [2.75, 3.05) is 13.1 Å². The Balaban J connectivity index is 2.05. The first-order valence-electron chi connectivity index (χ1n) is 6.08. The molecule has 1 aliphatic rings. The second-order valence-electron chi connectivity index (χ2n) is 4.60. The van der Waals surface area contributed by atoms with Gasteiger partial charge in [0.2, 0.25) is 0 Å². The van der Waals surface area contributed by atoms with Gasteiger partial charge in [-0.3, -0.25) is 4.90 Å². The Bertz CT molecular complexity index is 382. The van der Waals surface area contributed by atoms with Crippen molar-refractivity contribution in [1.82, 2.24) is 4.90 Å². The molecule has 2 rings (SSSR count). The number of benzene rings is 1. The highest BCUT2D eigenvalue weighted by Gasteiger charge is 2.20. The summed E-state index contributed by atoms with van der Waals surface area (Å²) in [6, 6.07) is 6.36. The van der Waals surface area contributed by atoms with Crippen LogP contribution >= 0.6 is 23.2 Å². The van der Waals surface area contributed by atoms with Crippen LogP contribution in [0.1, 0.15) is 24.8 Å². The van der Waals surface area contributed by atoms with Crippen molar-refractivity contribution in [2.45, 2.75) is 31.8 Å². The number of nitrogens with zero attached hydrogens (tertiary/aromatic N) is 1. The van der Waals surface area contributed by atoms with E-state index in [9.17, 15) is 0 Å². The molecule has 1 aromatic carbocycles. The lowest BCUT2D eigenvalue weighted by Crippen LogP contribution is -2.43. The molecule has 2 nitrogen and oxygen atoms in total. The molecule has 1 atom stereocenters. The standard InChI is InChI=1S/C13H18Cl2N2/c14-12-5-4-10(7-13(12)15)9-17-6-2-1-3-11(17)8-16/h4-5,7,11H,1-3,6,8-9,16H2/t11-/m1/s1. The van der Waals surface area contributed by atoms with Crippen molar-refractivity contribution in [3.05, 3.63) is 33.8 Å². The van der Waals surface area contributed by atoms with E-state index >= 15 is 0 Å². The Morgan fingerprint density at radius 1 is 1.24 bits per heavy atom. The topological polar surface area (TPSA) is 29.3 Å². The van der Waals surface area contributed by atoms with Crippen molar-refractivity contribution >= 4 is 23.2 Å². The third-order valence-electron chi connectivity index (χ3n) is 3.39. The summed E-state index contributed by atoms with van der Waals surface area (Å²) in [4.78, 5) is 2.45. The molecule has 1 heterocycles. The van der Waals surface area contributed by atoms with Gasteiger partial charge in [0.15, 0.2) is 0 Å². The molecule has 0 bridgehead atoms. The normalized spacial score (nSPS) is 21.7. The predicted octanol–water partition coefficient (Wildman–Crippen LogP) is 3.31. The second-order valence-corrected chi connectivity index (χ2v) is 5.42. The summed E-state index contributed by atoms with van der Waals surface area (Å²) >= 11 is 11.9. The molecule has 4 heteroatoms. The van der Waals surface area contributed by atoms with E-state index in [0.717, 1.165) is 19.6 Å². The molecule has 0 saturated carbocycles. The molecule has 1 fully saturated rings. The maximum Gasteiger partial charge on any atom is 0.0595 e. The third-order valence-corrected chi connectivity index (χ3v) is 4.13. The van der Waals surface area contributed by atoms with E-state index in [2.05, 4.69) is 4.90 Å². The van der Waals surface area contributed by atoms with E-state index in [-0.39, 0.29) is 0 Å². The van der Waals surface area contributed by atoms with E-state index in [4.69, 9.17) is 28.9 Å². The van der Waals surface area contributed by atoms with Gasteiger partial charge in [0.25, 0.3) is 0 Å². The first kappa shape index (κ1) is 13.2. The molecule has 0 unspecified atom stereocenters. The van der Waals surface area contributed by atoms with Crippen LogP contribution in [-0.4, -0.2) is 24.0 Å². The van der Waals surface area contributed by atoms with Crippen LogP contribution in [0.2, 0.25) is 10.0 Å². The fraction of sp³-hybridized carbons (Fsp3) is 0.538. The van der Waals surface area contributed by atoms with E-state index < -0.39 is 0 Å². The zero-order valence-corrected chi connectivity index (χ0v) is 11.3. The molecule has 17 heavy (non-hydrogen) atoms. The second kappa shape index (κ2) is 6.05. The summed E-state index contributed by atoms with van der Waals surface area (Å²) in [5, 5.41) is 1.25. The number of nitrogens with two attached hydrogens (primary N) is 1. The highest BCUT2D eigenvalue weighted by atomic mass is 35.5. The summed E-state index contributed by atoms with van der Waals surface area (Å²) < 4.78 is 0. The molecular weight excluding hydrogens is 255 g/mol. The van der Waals surface area contributed by atoms with Crippen LogP contribution in [0, 0.1) is 0 Å². The predicted molar refractivity (Wildman–Crippen MR) is 73.6 cm³/mol. The average molecular weight is 273 g/mol. The van der Waals surface area contributed by atoms with E-state index in [1.54, 1.807) is 0 Å². The summed E-state index contributed by atoms with van der Waals surface area (Å²) in [5.41, 5.74) is 7.02. The van der Waals surface area contributed by atoms with Crippen LogP contribution in [0.3, 0.4) is 0 Å². The van der Waals surface area contributed by atoms with Crippen molar-refractivity contribution < 1.29 is 0 Å². The van der Waals surface area contributed by atoms with Crippen molar-refractivity contribution in [3.8, 4) is 0 Å². The molecule has 0 aromatic heterocycles. The first-order chi connectivity index (χ1) is 8.20. The van der Waals surface area contributed by atoms with Gasteiger partial charge in [-0.05, 0) is 37.1 Å². The highest BCUT2D eigenvalue weighted by molar-refractivity contribution is 6.42. The van der Waals surface area contributed by atoms with Gasteiger partial charge in [0.05, 0.1) is 10.0 Å². The fourth-order valence-corrected chi connectivity index (χ4v) is 2.73. The first-order valence-corrected chi connectivity index (χ1v) is 6.84. The number of piperidine rings is 1. The minimum atomic E-state index is 0.512. The van der Waals surface area contributed by atoms with Crippen LogP contribution in [-0.2, 0) is 6.54 Å². The van der Waals surface area contributed by atoms with Gasteiger partial charge < -0.3 is 5.73 Å². The van der Waals surface area contributed by atoms with Gasteiger partial charge in [-0.2, -0.15) is 0 Å². The molecule has 2 N–H and O–H groups in total. The van der Waals surface area contributed by atoms with Crippen LogP contribution in [0.5, 0.6) is 0 Å². The Hall–Kier alpha value is -0.280. The van der Waals surface area contributed by atoms with Crippen molar-refractivity contribution in [3.63, 3.8) is 0 Å². The number of hydrogen-bond donors (Lipinski definition) is 1. The molecule has 1 aliphatic heterocycles. The van der Waals surface area contributed by atoms with Gasteiger partial charge in [-0.15, -0.1) is 0 Å². The maximum absolute atomic E-state index is 6.03. The number of likely N-dealkylation sites (tertiary alicyclic amines) is 1. The molecule has 0 spiro atoms. The summed E-state index contributed by atoms with van der Waals surface area (Å²) in [6.07, 6.45) is 3.76. The monoisotopic (exact) mass is 272 g/mol. The van der Waals surface area contributed by atoms with Crippen LogP contribution < -0.4 is 5.73 Å². The highest BCUT2D eigenvalue weighted by Crippen LogP contribution is 2.25. The smallest absolute Gasteiger partial charge is 0.0595 e. The van der Waals surface area contributed by atoms with Gasteiger partial charge in [0, 0.05) is 19.1 Å². The van der Waals surface area contributed by atoms with Gasteiger partial charge >= 0.3 is 0 Å². The largest absolute Gasteiger partial charge is 0.329 e. The molecule has 1 aromatic rings. The zero-order chi connectivity index (χ0) is 12.3. The number of halogens is 2. The summed E-state index contributed by atoms with van der Waals surface area (Å²) in [5.74, 6) is 0. The lowest BCUT2D eigenvalue weighted by Gasteiger charge is -2.35. The lowest BCUT2D eigenvalue weighted by atomic mass is 10.0. The van der Waals surface area contributed by atoms with Crippen LogP contribution in [0.25, 0.3) is 0 Å². The van der Waals surface area contributed by atoms with Crippen LogP contribution in [0.15, 0.2) is 18.2 Å². The van der Waals surface area contributed by atoms with Crippen LogP contribution in [0.4, 0.5) is 0 Å². The van der Waals surface area contributed by atoms with Gasteiger partial charge in [0.1, 0.15) is 0 Å². The minimum absolute atomic E-state index is 0.512. The fourth-order valence-electron chi connectivity index (χ4n) is 2.41. The molecule has 0 radical (unpaired) electrons. The van der Waals surface area contributed by atoms with Gasteiger partial charge in [-0.1, -0.05) is 35.7 Å². The Morgan fingerprint density at radius 2 is 2.06 bits per heavy atom. The molecule has 0 aliphatic carbocycles. The zero-order valence-electron chi connectivity index (χ0n) is 9.83. The molecule has 0 amide bonds. The SMILES string of the molecule is NC[C@H]1CCCCN1Cc1ccc(Cl)c(Cl)c1. The minimum Gasteiger partial charge on any atom is -0.329 e. The Labute approximate surface area is 113 Å². The third kappa shape index (κ3) is 3.35. The number of hydrogen-bond acceptors (Lipinski definition) is 2. The van der Waals surface area contributed by atoms with Crippen molar-refractivity contribution in [1.29, 1.82) is 0 Å². The average Bonchev–Trinajstić information content (AvgIpc) is 2.34. The van der Waals surface area contributed by atoms with Crippen molar-refractivity contribution in [2.24, 2.45) is 5.73 Å². The van der Waals surface area contributed by atoms with E-state index in [0.29, 0.717) is 16.1 Å².